The number of rotatable bonds is 9. The predicted octanol–water partition coefficient (Wildman–Crippen LogP) is 7.08. The van der Waals surface area contributed by atoms with E-state index in [0.29, 0.717) is 16.9 Å². The number of nitrogens with zero attached hydrogens (tertiary/aromatic N) is 1. The van der Waals surface area contributed by atoms with Crippen LogP contribution in [-0.4, -0.2) is 37.2 Å². The molecule has 0 bridgehead atoms. The van der Waals surface area contributed by atoms with Crippen LogP contribution in [0.2, 0.25) is 0 Å². The van der Waals surface area contributed by atoms with Crippen molar-refractivity contribution in [1.82, 2.24) is 15.0 Å². The molecule has 0 spiro atoms. The average molecular weight is 639 g/mol. The van der Waals surface area contributed by atoms with Gasteiger partial charge in [-0.1, -0.05) is 49.4 Å². The Hall–Kier alpha value is -4.00. The molecule has 1 atom stereocenters. The van der Waals surface area contributed by atoms with Crippen LogP contribution in [0, 0.1) is 5.92 Å². The molecule has 234 valence electrons. The molecule has 3 N–H and O–H groups in total. The van der Waals surface area contributed by atoms with Crippen LogP contribution in [0.4, 0.5) is 15.3 Å². The zero-order valence-corrected chi connectivity index (χ0v) is 27.3. The van der Waals surface area contributed by atoms with Crippen molar-refractivity contribution in [1.29, 1.82) is 0 Å². The van der Waals surface area contributed by atoms with E-state index in [2.05, 4.69) is 20.3 Å². The van der Waals surface area contributed by atoms with Crippen molar-refractivity contribution < 1.29 is 27.5 Å². The van der Waals surface area contributed by atoms with Gasteiger partial charge >= 0.3 is 12.2 Å². The summed E-state index contributed by atoms with van der Waals surface area (Å²) in [4.78, 5) is 29.8. The molecule has 0 saturated carbocycles. The molecule has 12 heteroatoms. The zero-order chi connectivity index (χ0) is 32.1. The number of allylic oxidation sites excluding steroid dienone is 4. The maximum Gasteiger partial charge on any atom is 0.411 e. The predicted molar refractivity (Wildman–Crippen MR) is 172 cm³/mol. The second-order valence-corrected chi connectivity index (χ2v) is 14.5. The lowest BCUT2D eigenvalue weighted by molar-refractivity contribution is 0.117. The molecule has 1 aliphatic carbocycles. The van der Waals surface area contributed by atoms with Gasteiger partial charge in [0.2, 0.25) is 10.0 Å². The summed E-state index contributed by atoms with van der Waals surface area (Å²) in [5.41, 5.74) is 2.53. The first kappa shape index (κ1) is 32.9. The number of amides is 2. The molecular formula is C32H38N4O6S2. The summed E-state index contributed by atoms with van der Waals surface area (Å²) in [6.07, 6.45) is 4.60. The Balaban J connectivity index is 1.59. The molecule has 2 amide bonds. The summed E-state index contributed by atoms with van der Waals surface area (Å²) in [5, 5.41) is 6.18. The summed E-state index contributed by atoms with van der Waals surface area (Å²) in [6.45, 7) is 10.9. The van der Waals surface area contributed by atoms with Crippen LogP contribution in [0.3, 0.4) is 0 Å². The first-order chi connectivity index (χ1) is 20.7. The number of benzene rings is 2. The topological polar surface area (TPSA) is 136 Å². The number of anilines is 1. The third-order valence-corrected chi connectivity index (χ3v) is 9.23. The van der Waals surface area contributed by atoms with Crippen molar-refractivity contribution in [2.24, 2.45) is 5.92 Å². The normalized spacial score (nSPS) is 15.3. The van der Waals surface area contributed by atoms with E-state index in [4.69, 9.17) is 9.47 Å². The standard InChI is InChI=1S/C32H38N4O6S2/c1-20(2)42-31(38)35-26-15-12-23(16-21(26)3)29-33-18-27(43-29)25-14-13-24(17-28(25)44(39,40)36-32(4,5)6)34-30(37)41-19-22-10-8-7-9-11-22/h7-15,17-18,20-21,36H,16,19H2,1-6H3,(H,34,37)(H,35,38). The number of carbonyl (C=O) groups is 2. The smallest absolute Gasteiger partial charge is 0.411 e. The van der Waals surface area contributed by atoms with Gasteiger partial charge in [-0.2, -0.15) is 0 Å². The number of hydrogen-bond donors (Lipinski definition) is 3. The quantitative estimate of drug-likeness (QED) is 0.228. The Labute approximate surface area is 262 Å². The first-order valence-corrected chi connectivity index (χ1v) is 16.5. The molecule has 4 rings (SSSR count). The van der Waals surface area contributed by atoms with Gasteiger partial charge < -0.3 is 9.47 Å². The van der Waals surface area contributed by atoms with Gasteiger partial charge in [-0.05, 0) is 70.4 Å². The number of sulfonamides is 1. The minimum atomic E-state index is -4.00. The van der Waals surface area contributed by atoms with Gasteiger partial charge in [0.15, 0.2) is 0 Å². The van der Waals surface area contributed by atoms with Gasteiger partial charge in [0.1, 0.15) is 11.6 Å². The monoisotopic (exact) mass is 638 g/mol. The molecule has 0 radical (unpaired) electrons. The molecular weight excluding hydrogens is 601 g/mol. The molecule has 1 aliphatic rings. The van der Waals surface area contributed by atoms with Crippen LogP contribution in [0.15, 0.2) is 77.5 Å². The Morgan fingerprint density at radius 3 is 2.43 bits per heavy atom. The Morgan fingerprint density at radius 2 is 1.77 bits per heavy atom. The molecule has 0 saturated heterocycles. The first-order valence-electron chi connectivity index (χ1n) is 14.2. The van der Waals surface area contributed by atoms with Gasteiger partial charge in [0, 0.05) is 34.6 Å². The van der Waals surface area contributed by atoms with Crippen LogP contribution in [0.1, 0.15) is 58.5 Å². The van der Waals surface area contributed by atoms with Crippen LogP contribution >= 0.6 is 11.3 Å². The highest BCUT2D eigenvalue weighted by atomic mass is 32.2. The molecule has 0 fully saturated rings. The lowest BCUT2D eigenvalue weighted by Crippen LogP contribution is -2.40. The van der Waals surface area contributed by atoms with Gasteiger partial charge in [-0.15, -0.1) is 11.3 Å². The van der Waals surface area contributed by atoms with E-state index in [-0.39, 0.29) is 29.2 Å². The lowest BCUT2D eigenvalue weighted by atomic mass is 9.93. The summed E-state index contributed by atoms with van der Waals surface area (Å²) in [7, 11) is -4.00. The van der Waals surface area contributed by atoms with E-state index < -0.39 is 27.7 Å². The van der Waals surface area contributed by atoms with Crippen molar-refractivity contribution in [3.05, 3.63) is 83.1 Å². The van der Waals surface area contributed by atoms with Crippen LogP contribution < -0.4 is 15.4 Å². The largest absolute Gasteiger partial charge is 0.447 e. The number of aromatic nitrogens is 1. The number of thiazole rings is 1. The molecule has 3 aromatic rings. The Kier molecular flexibility index (Phi) is 10.3. The maximum absolute atomic E-state index is 13.6. The lowest BCUT2D eigenvalue weighted by Gasteiger charge is -2.22. The van der Waals surface area contributed by atoms with Crippen LogP contribution in [-0.2, 0) is 26.1 Å². The minimum Gasteiger partial charge on any atom is -0.447 e. The van der Waals surface area contributed by atoms with Crippen molar-refractivity contribution in [2.45, 2.75) is 71.1 Å². The van der Waals surface area contributed by atoms with Crippen LogP contribution in [0.25, 0.3) is 16.0 Å². The van der Waals surface area contributed by atoms with Gasteiger partial charge in [-0.3, -0.25) is 10.6 Å². The fourth-order valence-electron chi connectivity index (χ4n) is 4.46. The van der Waals surface area contributed by atoms with Crippen molar-refractivity contribution in [3.8, 4) is 10.4 Å². The zero-order valence-electron chi connectivity index (χ0n) is 25.6. The second kappa shape index (κ2) is 13.7. The molecule has 1 unspecified atom stereocenters. The van der Waals surface area contributed by atoms with Gasteiger partial charge in [0.25, 0.3) is 0 Å². The molecule has 1 heterocycles. The van der Waals surface area contributed by atoms with E-state index in [9.17, 15) is 18.0 Å². The van der Waals surface area contributed by atoms with E-state index >= 15 is 0 Å². The third-order valence-electron chi connectivity index (χ3n) is 6.33. The Bertz CT molecular complexity index is 1670. The highest BCUT2D eigenvalue weighted by Crippen LogP contribution is 2.38. The average Bonchev–Trinajstić information content (AvgIpc) is 3.42. The van der Waals surface area contributed by atoms with Gasteiger partial charge in [0.05, 0.1) is 15.9 Å². The van der Waals surface area contributed by atoms with Crippen molar-refractivity contribution in [2.75, 3.05) is 5.32 Å². The van der Waals surface area contributed by atoms with E-state index in [1.54, 1.807) is 52.9 Å². The summed E-state index contributed by atoms with van der Waals surface area (Å²) < 4.78 is 40.4. The van der Waals surface area contributed by atoms with Crippen molar-refractivity contribution in [3.63, 3.8) is 0 Å². The fraction of sp³-hybridized carbons (Fsp3) is 0.344. The Morgan fingerprint density at radius 1 is 1.05 bits per heavy atom. The SMILES string of the molecule is CC(C)OC(=O)NC1=CC=C(c2ncc(-c3ccc(NC(=O)OCc4ccccc4)cc3S(=O)(=O)NC(C)(C)C)s2)CC1C. The number of carbonyl (C=O) groups excluding carboxylic acids is 2. The van der Waals surface area contributed by atoms with Crippen LogP contribution in [0.5, 0.6) is 0 Å². The molecule has 0 aliphatic heterocycles. The van der Waals surface area contributed by atoms with E-state index in [1.165, 1.54) is 17.4 Å². The fourth-order valence-corrected chi connectivity index (χ4v) is 7.18. The third kappa shape index (κ3) is 9.01. The summed E-state index contributed by atoms with van der Waals surface area (Å²) in [6, 6.07) is 14.0. The van der Waals surface area contributed by atoms with Crippen molar-refractivity contribution >= 4 is 44.8 Å². The maximum atomic E-state index is 13.6. The molecule has 10 nitrogen and oxygen atoms in total. The number of ether oxygens (including phenoxy) is 2. The minimum absolute atomic E-state index is 0.00419. The summed E-state index contributed by atoms with van der Waals surface area (Å²) >= 11 is 1.37. The highest BCUT2D eigenvalue weighted by molar-refractivity contribution is 7.89. The molecule has 2 aromatic carbocycles. The van der Waals surface area contributed by atoms with E-state index in [1.807, 2.05) is 49.4 Å². The molecule has 1 aromatic heterocycles. The van der Waals surface area contributed by atoms with Gasteiger partial charge in [-0.25, -0.2) is 27.7 Å². The highest BCUT2D eigenvalue weighted by Gasteiger charge is 2.27. The van der Waals surface area contributed by atoms with E-state index in [0.717, 1.165) is 21.8 Å². The number of nitrogens with one attached hydrogen (secondary N) is 3. The summed E-state index contributed by atoms with van der Waals surface area (Å²) in [5.74, 6) is 0.0148. The number of hydrogen-bond acceptors (Lipinski definition) is 8. The second-order valence-electron chi connectivity index (χ2n) is 11.8. The molecule has 44 heavy (non-hydrogen) atoms. The number of alkyl carbamates (subject to hydrolysis) is 1.